The van der Waals surface area contributed by atoms with Crippen LogP contribution in [0.1, 0.15) is 160 Å². The van der Waals surface area contributed by atoms with Crippen LogP contribution >= 0.6 is 0 Å². The molecule has 0 amide bonds. The number of aromatic nitrogens is 1. The zero-order chi connectivity index (χ0) is 45.0. The molecule has 4 heterocycles. The van der Waals surface area contributed by atoms with Crippen molar-refractivity contribution in [2.75, 3.05) is 6.54 Å². The van der Waals surface area contributed by atoms with Crippen molar-refractivity contribution in [3.63, 3.8) is 0 Å². The Hall–Kier alpha value is -5.59. The molecule has 3 N–H and O–H groups in total. The SMILES string of the molecule is C1=CCC(C2N=C(C3=C(c4cccc5c4OC4Cc6c(c7ccccc7n6C6=CCCCC6)CC54)NCC(c4cc(C5=CCCCC5)cc(C5C=CCCC5)c4)C3)NC(C3C=CCCC3)N2)C=C1. The summed E-state index contributed by atoms with van der Waals surface area (Å²) in [5, 5.41) is 13.8. The van der Waals surface area contributed by atoms with Crippen molar-refractivity contribution in [1.82, 2.24) is 20.5 Å². The summed E-state index contributed by atoms with van der Waals surface area (Å²) in [6.07, 6.45) is 45.0. The Morgan fingerprint density at radius 1 is 0.721 bits per heavy atom. The summed E-state index contributed by atoms with van der Waals surface area (Å²) in [4.78, 5) is 5.75. The second kappa shape index (κ2) is 18.4. The normalized spacial score (nSPS) is 29.8. The van der Waals surface area contributed by atoms with E-state index in [9.17, 15) is 0 Å². The van der Waals surface area contributed by atoms with Crippen molar-refractivity contribution in [3.8, 4) is 5.75 Å². The predicted molar refractivity (Wildman–Crippen MR) is 281 cm³/mol. The lowest BCUT2D eigenvalue weighted by atomic mass is 9.79. The third-order valence-corrected chi connectivity index (χ3v) is 17.3. The van der Waals surface area contributed by atoms with Crippen molar-refractivity contribution in [1.29, 1.82) is 0 Å². The third kappa shape index (κ3) is 7.89. The average Bonchev–Trinajstić information content (AvgIpc) is 3.96. The number of para-hydroxylation sites is 2. The number of allylic oxidation sites excluding steroid dienone is 10. The largest absolute Gasteiger partial charge is 0.488 e. The van der Waals surface area contributed by atoms with Crippen molar-refractivity contribution in [2.45, 2.75) is 152 Å². The molecule has 0 spiro atoms. The Kier molecular flexibility index (Phi) is 11.5. The Morgan fingerprint density at radius 2 is 1.60 bits per heavy atom. The van der Waals surface area contributed by atoms with Crippen LogP contribution in [0, 0.1) is 11.8 Å². The Labute approximate surface area is 404 Å². The molecule has 0 radical (unpaired) electrons. The lowest BCUT2D eigenvalue weighted by Crippen LogP contribution is -2.59. The summed E-state index contributed by atoms with van der Waals surface area (Å²) in [5.41, 5.74) is 16.9. The zero-order valence-electron chi connectivity index (χ0n) is 39.9. The van der Waals surface area contributed by atoms with Gasteiger partial charge >= 0.3 is 0 Å². The summed E-state index contributed by atoms with van der Waals surface area (Å²) < 4.78 is 10.1. The first kappa shape index (κ1) is 42.5. The number of benzene rings is 3. The van der Waals surface area contributed by atoms with Gasteiger partial charge in [-0.3, -0.25) is 5.32 Å². The average molecular weight is 900 g/mol. The van der Waals surface area contributed by atoms with Crippen molar-refractivity contribution >= 4 is 33.7 Å². The van der Waals surface area contributed by atoms with Crippen LogP contribution in [-0.2, 0) is 12.8 Å². The first-order valence-corrected chi connectivity index (χ1v) is 26.9. The highest BCUT2D eigenvalue weighted by Gasteiger charge is 2.43. The van der Waals surface area contributed by atoms with Crippen LogP contribution in [0.5, 0.6) is 5.75 Å². The van der Waals surface area contributed by atoms with Gasteiger partial charge in [0, 0.05) is 76.0 Å². The minimum Gasteiger partial charge on any atom is -0.488 e. The van der Waals surface area contributed by atoms with Crippen LogP contribution in [0.15, 0.2) is 132 Å². The molecule has 13 rings (SSSR count). The minimum atomic E-state index is -0.0210. The molecule has 3 aliphatic heterocycles. The van der Waals surface area contributed by atoms with Gasteiger partial charge in [0.2, 0.25) is 0 Å². The molecule has 0 fully saturated rings. The topological polar surface area (TPSA) is 62.6 Å². The molecule has 3 aromatic carbocycles. The summed E-state index contributed by atoms with van der Waals surface area (Å²) in [6, 6.07) is 23.9. The highest BCUT2D eigenvalue weighted by atomic mass is 16.5. The number of nitrogens with one attached hydrogen (secondary N) is 3. The second-order valence-corrected chi connectivity index (χ2v) is 21.5. The van der Waals surface area contributed by atoms with Crippen LogP contribution in [0.4, 0.5) is 0 Å². The van der Waals surface area contributed by atoms with Gasteiger partial charge < -0.3 is 19.9 Å². The molecule has 9 aliphatic rings. The fraction of sp³-hybridized carbons (Fsp3) is 0.435. The van der Waals surface area contributed by atoms with Crippen LogP contribution in [0.2, 0.25) is 0 Å². The second-order valence-electron chi connectivity index (χ2n) is 21.5. The molecular formula is C62H69N5O. The molecule has 0 saturated carbocycles. The Morgan fingerprint density at radius 3 is 2.43 bits per heavy atom. The maximum atomic E-state index is 7.42. The molecule has 6 heteroatoms. The highest BCUT2D eigenvalue weighted by molar-refractivity contribution is 6.06. The van der Waals surface area contributed by atoms with E-state index in [1.54, 1.807) is 5.57 Å². The minimum absolute atomic E-state index is 0.0210. The molecule has 0 bridgehead atoms. The summed E-state index contributed by atoms with van der Waals surface area (Å²) in [5.74, 6) is 3.92. The number of ether oxygens (including phenoxy) is 1. The Bertz CT molecular complexity index is 2860. The van der Waals surface area contributed by atoms with Gasteiger partial charge in [0.1, 0.15) is 23.9 Å². The van der Waals surface area contributed by atoms with Crippen LogP contribution in [-0.4, -0.2) is 35.4 Å². The van der Waals surface area contributed by atoms with Gasteiger partial charge in [0.25, 0.3) is 0 Å². The zero-order valence-corrected chi connectivity index (χ0v) is 39.9. The van der Waals surface area contributed by atoms with Crippen molar-refractivity contribution in [3.05, 3.63) is 166 Å². The number of rotatable bonds is 8. The smallest absolute Gasteiger partial charge is 0.132 e. The fourth-order valence-corrected chi connectivity index (χ4v) is 13.7. The quantitative estimate of drug-likeness (QED) is 0.154. The van der Waals surface area contributed by atoms with E-state index in [0.29, 0.717) is 29.6 Å². The number of fused-ring (bicyclic) bond motifs is 6. The monoisotopic (exact) mass is 900 g/mol. The molecule has 8 atom stereocenters. The molecule has 348 valence electrons. The lowest BCUT2D eigenvalue weighted by Gasteiger charge is -2.40. The van der Waals surface area contributed by atoms with E-state index in [1.165, 1.54) is 150 Å². The molecule has 1 aromatic heterocycles. The van der Waals surface area contributed by atoms with Gasteiger partial charge in [0.15, 0.2) is 0 Å². The number of hydrogen-bond acceptors (Lipinski definition) is 5. The predicted octanol–water partition coefficient (Wildman–Crippen LogP) is 13.7. The summed E-state index contributed by atoms with van der Waals surface area (Å²) in [6.45, 7) is 0.869. The van der Waals surface area contributed by atoms with E-state index >= 15 is 0 Å². The summed E-state index contributed by atoms with van der Waals surface area (Å²) in [7, 11) is 0. The maximum Gasteiger partial charge on any atom is 0.132 e. The fourth-order valence-electron chi connectivity index (χ4n) is 13.7. The van der Waals surface area contributed by atoms with Crippen molar-refractivity contribution in [2.24, 2.45) is 16.8 Å². The summed E-state index contributed by atoms with van der Waals surface area (Å²) >= 11 is 0. The van der Waals surface area contributed by atoms with Crippen LogP contribution < -0.4 is 20.7 Å². The standard InChI is InChI=1S/C62H69N5O/c1-6-19-40(20-7-1)44-33-45(41-21-8-2-9-22-41)35-46(34-44)47-36-54(62-65-60(42-23-10-3-11-24-42)64-61(66-62)43-25-12-4-13-26-43)58(63-39-47)51-31-18-30-50-53-37-52-49-29-16-17-32-55(49)67(48-27-14-5-15-28-48)56(52)38-57(53)68-59(50)51/h3,6,10-12,16-19,21,23,25,27,29-35,40,42-43,47,53,57,60-61,63-64H,1-2,4-5,7-9,13-15,20,22,24,26,28,36-39H2,(H,65,66). The maximum absolute atomic E-state index is 7.42. The van der Waals surface area contributed by atoms with Crippen LogP contribution in [0.3, 0.4) is 0 Å². The van der Waals surface area contributed by atoms with E-state index in [0.717, 1.165) is 50.2 Å². The van der Waals surface area contributed by atoms with Gasteiger partial charge in [-0.1, -0.05) is 109 Å². The lowest BCUT2D eigenvalue weighted by molar-refractivity contribution is 0.195. The number of amidine groups is 1. The van der Waals surface area contributed by atoms with E-state index < -0.39 is 0 Å². The van der Waals surface area contributed by atoms with E-state index in [1.807, 2.05) is 0 Å². The molecule has 68 heavy (non-hydrogen) atoms. The highest BCUT2D eigenvalue weighted by Crippen LogP contribution is 2.51. The van der Waals surface area contributed by atoms with Gasteiger partial charge in [0.05, 0.1) is 17.4 Å². The number of aliphatic imine (C=N–C) groups is 1. The van der Waals surface area contributed by atoms with Gasteiger partial charge in [-0.25, -0.2) is 4.99 Å². The molecule has 6 nitrogen and oxygen atoms in total. The first-order valence-electron chi connectivity index (χ1n) is 26.9. The molecule has 8 unspecified atom stereocenters. The van der Waals surface area contributed by atoms with Gasteiger partial charge in [-0.05, 0) is 149 Å². The van der Waals surface area contributed by atoms with Gasteiger partial charge in [-0.15, -0.1) is 0 Å². The Balaban J connectivity index is 0.921. The van der Waals surface area contributed by atoms with Crippen LogP contribution in [0.25, 0.3) is 27.9 Å². The first-order chi connectivity index (χ1) is 33.7. The van der Waals surface area contributed by atoms with E-state index in [4.69, 9.17) is 9.73 Å². The van der Waals surface area contributed by atoms with Gasteiger partial charge in [-0.2, -0.15) is 0 Å². The molecule has 6 aliphatic carbocycles. The number of nitrogens with zero attached hydrogens (tertiary/aromatic N) is 2. The molecular weight excluding hydrogens is 831 g/mol. The van der Waals surface area contributed by atoms with E-state index in [-0.39, 0.29) is 18.4 Å². The number of hydrogen-bond donors (Lipinski definition) is 3. The molecule has 0 saturated heterocycles. The van der Waals surface area contributed by atoms with E-state index in [2.05, 4.69) is 142 Å². The molecule has 4 aromatic rings. The third-order valence-electron chi connectivity index (χ3n) is 17.3. The van der Waals surface area contributed by atoms with Crippen molar-refractivity contribution < 1.29 is 4.74 Å².